The summed E-state index contributed by atoms with van der Waals surface area (Å²) in [6.45, 7) is 3.78. The van der Waals surface area contributed by atoms with Crippen molar-refractivity contribution in [2.75, 3.05) is 7.05 Å². The SMILES string of the molecule is C=Cc1cnc(-n2ccc3ccncc32)cc1C(Cl)=NC. The predicted octanol–water partition coefficient (Wildman–Crippen LogP) is 3.68. The maximum atomic E-state index is 6.18. The summed E-state index contributed by atoms with van der Waals surface area (Å²) in [4.78, 5) is 12.7. The lowest BCUT2D eigenvalue weighted by atomic mass is 10.1. The second kappa shape index (κ2) is 5.50. The summed E-state index contributed by atoms with van der Waals surface area (Å²) in [5.74, 6) is 0.764. The van der Waals surface area contributed by atoms with Gasteiger partial charge in [-0.3, -0.25) is 14.5 Å². The highest BCUT2D eigenvalue weighted by molar-refractivity contribution is 6.69. The van der Waals surface area contributed by atoms with E-state index in [4.69, 9.17) is 11.6 Å². The molecule has 0 saturated carbocycles. The van der Waals surface area contributed by atoms with Crippen LogP contribution in [0, 0.1) is 0 Å². The molecule has 0 bridgehead atoms. The van der Waals surface area contributed by atoms with E-state index in [1.807, 2.05) is 35.2 Å². The summed E-state index contributed by atoms with van der Waals surface area (Å²) in [7, 11) is 1.66. The van der Waals surface area contributed by atoms with E-state index in [0.29, 0.717) is 5.17 Å². The van der Waals surface area contributed by atoms with E-state index in [1.165, 1.54) is 0 Å². The Morgan fingerprint density at radius 3 is 3.00 bits per heavy atom. The summed E-state index contributed by atoms with van der Waals surface area (Å²) in [5.41, 5.74) is 2.65. The van der Waals surface area contributed by atoms with E-state index in [-0.39, 0.29) is 0 Å². The molecule has 0 atom stereocenters. The average molecular weight is 297 g/mol. The van der Waals surface area contributed by atoms with Gasteiger partial charge in [-0.15, -0.1) is 0 Å². The van der Waals surface area contributed by atoms with E-state index in [1.54, 1.807) is 25.5 Å². The van der Waals surface area contributed by atoms with Crippen molar-refractivity contribution in [1.29, 1.82) is 0 Å². The van der Waals surface area contributed by atoms with Gasteiger partial charge in [0.25, 0.3) is 0 Å². The van der Waals surface area contributed by atoms with Crippen LogP contribution < -0.4 is 0 Å². The summed E-state index contributed by atoms with van der Waals surface area (Å²) >= 11 is 6.18. The number of nitrogens with zero attached hydrogens (tertiary/aromatic N) is 4. The van der Waals surface area contributed by atoms with E-state index in [9.17, 15) is 0 Å². The number of halogens is 1. The summed E-state index contributed by atoms with van der Waals surface area (Å²) in [5, 5.41) is 1.54. The smallest absolute Gasteiger partial charge is 0.137 e. The van der Waals surface area contributed by atoms with Crippen molar-refractivity contribution in [3.05, 3.63) is 60.7 Å². The number of rotatable bonds is 3. The van der Waals surface area contributed by atoms with Crippen LogP contribution in [0.5, 0.6) is 0 Å². The molecule has 3 rings (SSSR count). The van der Waals surface area contributed by atoms with Gasteiger partial charge in [0.15, 0.2) is 0 Å². The van der Waals surface area contributed by atoms with Gasteiger partial charge in [-0.05, 0) is 18.2 Å². The zero-order chi connectivity index (χ0) is 14.8. The van der Waals surface area contributed by atoms with Gasteiger partial charge in [0.1, 0.15) is 11.0 Å². The zero-order valence-electron chi connectivity index (χ0n) is 11.5. The van der Waals surface area contributed by atoms with Crippen molar-refractivity contribution in [1.82, 2.24) is 14.5 Å². The normalized spacial score (nSPS) is 11.8. The second-order valence-corrected chi connectivity index (χ2v) is 4.83. The molecule has 3 heterocycles. The second-order valence-electron chi connectivity index (χ2n) is 4.47. The lowest BCUT2D eigenvalue weighted by molar-refractivity contribution is 1.04. The Hall–Kier alpha value is -2.46. The Balaban J connectivity index is 2.21. The molecular weight excluding hydrogens is 284 g/mol. The summed E-state index contributed by atoms with van der Waals surface area (Å²) < 4.78 is 1.97. The minimum absolute atomic E-state index is 0.433. The van der Waals surface area contributed by atoms with Gasteiger partial charge in [0, 0.05) is 42.2 Å². The minimum atomic E-state index is 0.433. The molecule has 0 aliphatic carbocycles. The molecule has 104 valence electrons. The molecule has 0 aliphatic rings. The van der Waals surface area contributed by atoms with Gasteiger partial charge in [-0.1, -0.05) is 24.3 Å². The van der Waals surface area contributed by atoms with Gasteiger partial charge < -0.3 is 0 Å². The number of hydrogen-bond donors (Lipinski definition) is 0. The van der Waals surface area contributed by atoms with Crippen LogP contribution in [0.1, 0.15) is 11.1 Å². The Morgan fingerprint density at radius 2 is 2.24 bits per heavy atom. The van der Waals surface area contributed by atoms with Crippen LogP contribution in [-0.2, 0) is 0 Å². The van der Waals surface area contributed by atoms with Crippen LogP contribution in [-0.4, -0.2) is 26.8 Å². The maximum absolute atomic E-state index is 6.18. The first-order valence-corrected chi connectivity index (χ1v) is 6.79. The van der Waals surface area contributed by atoms with Crippen LogP contribution in [0.2, 0.25) is 0 Å². The topological polar surface area (TPSA) is 43.1 Å². The van der Waals surface area contributed by atoms with Crippen LogP contribution in [0.3, 0.4) is 0 Å². The standard InChI is InChI=1S/C16H13ClN4/c1-3-11-9-20-15(8-13(11)16(17)18-2)21-7-5-12-4-6-19-10-14(12)21/h3-10H,1H2,2H3. The van der Waals surface area contributed by atoms with Gasteiger partial charge in [-0.25, -0.2) is 4.98 Å². The van der Waals surface area contributed by atoms with Crippen LogP contribution in [0.25, 0.3) is 22.8 Å². The van der Waals surface area contributed by atoms with Gasteiger partial charge >= 0.3 is 0 Å². The third-order valence-corrected chi connectivity index (χ3v) is 3.67. The molecular formula is C16H13ClN4. The van der Waals surface area contributed by atoms with E-state index < -0.39 is 0 Å². The molecule has 0 radical (unpaired) electrons. The van der Waals surface area contributed by atoms with Crippen LogP contribution >= 0.6 is 11.6 Å². The van der Waals surface area contributed by atoms with Crippen molar-refractivity contribution < 1.29 is 0 Å². The monoisotopic (exact) mass is 296 g/mol. The molecule has 5 heteroatoms. The van der Waals surface area contributed by atoms with Crippen molar-refractivity contribution in [2.45, 2.75) is 0 Å². The van der Waals surface area contributed by atoms with Gasteiger partial charge in [-0.2, -0.15) is 0 Å². The molecule has 0 spiro atoms. The molecule has 3 aromatic rings. The predicted molar refractivity (Wildman–Crippen MR) is 87.3 cm³/mol. The van der Waals surface area contributed by atoms with E-state index in [2.05, 4.69) is 21.5 Å². The number of pyridine rings is 2. The highest BCUT2D eigenvalue weighted by atomic mass is 35.5. The van der Waals surface area contributed by atoms with Crippen LogP contribution in [0.4, 0.5) is 0 Å². The summed E-state index contributed by atoms with van der Waals surface area (Å²) in [6, 6.07) is 5.89. The Morgan fingerprint density at radius 1 is 1.38 bits per heavy atom. The number of hydrogen-bond acceptors (Lipinski definition) is 3. The third-order valence-electron chi connectivity index (χ3n) is 3.30. The number of fused-ring (bicyclic) bond motifs is 1. The van der Waals surface area contributed by atoms with Gasteiger partial charge in [0.05, 0.1) is 11.7 Å². The maximum Gasteiger partial charge on any atom is 0.137 e. The molecule has 0 amide bonds. The summed E-state index contributed by atoms with van der Waals surface area (Å²) in [6.07, 6.45) is 9.01. The minimum Gasteiger partial charge on any atom is -0.300 e. The van der Waals surface area contributed by atoms with E-state index in [0.717, 1.165) is 27.8 Å². The molecule has 0 N–H and O–H groups in total. The van der Waals surface area contributed by atoms with E-state index >= 15 is 0 Å². The van der Waals surface area contributed by atoms with Crippen LogP contribution in [0.15, 0.2) is 54.6 Å². The molecule has 0 fully saturated rings. The van der Waals surface area contributed by atoms with Crippen molar-refractivity contribution >= 4 is 33.8 Å². The Bertz CT molecular complexity index is 848. The molecule has 4 nitrogen and oxygen atoms in total. The van der Waals surface area contributed by atoms with Crippen molar-refractivity contribution in [3.8, 4) is 5.82 Å². The lowest BCUT2D eigenvalue weighted by Gasteiger charge is -2.09. The number of aromatic nitrogens is 3. The molecule has 0 aromatic carbocycles. The van der Waals surface area contributed by atoms with Crippen molar-refractivity contribution in [2.24, 2.45) is 4.99 Å². The fourth-order valence-electron chi connectivity index (χ4n) is 2.22. The van der Waals surface area contributed by atoms with Gasteiger partial charge in [0.2, 0.25) is 0 Å². The lowest BCUT2D eigenvalue weighted by Crippen LogP contribution is -2.02. The van der Waals surface area contributed by atoms with Crippen molar-refractivity contribution in [3.63, 3.8) is 0 Å². The third kappa shape index (κ3) is 2.34. The first kappa shape index (κ1) is 13.5. The molecule has 3 aromatic heterocycles. The fraction of sp³-hybridized carbons (Fsp3) is 0.0625. The molecule has 0 unspecified atom stereocenters. The number of aliphatic imine (C=N–C) groups is 1. The first-order valence-electron chi connectivity index (χ1n) is 6.41. The molecule has 0 saturated heterocycles. The fourth-order valence-corrected chi connectivity index (χ4v) is 2.39. The largest absolute Gasteiger partial charge is 0.300 e. The molecule has 21 heavy (non-hydrogen) atoms. The average Bonchev–Trinajstić information content (AvgIpc) is 2.97. The Labute approximate surface area is 127 Å². The zero-order valence-corrected chi connectivity index (χ0v) is 12.2. The Kier molecular flexibility index (Phi) is 3.54. The molecule has 0 aliphatic heterocycles. The quantitative estimate of drug-likeness (QED) is 0.692. The first-order chi connectivity index (χ1) is 10.2. The highest BCUT2D eigenvalue weighted by Gasteiger charge is 2.10. The highest BCUT2D eigenvalue weighted by Crippen LogP contribution is 2.21.